The van der Waals surface area contributed by atoms with Crippen LogP contribution in [0.3, 0.4) is 0 Å². The molecule has 170 valence electrons. The van der Waals surface area contributed by atoms with Crippen molar-refractivity contribution >= 4 is 22.0 Å². The fourth-order valence-corrected chi connectivity index (χ4v) is 6.01. The average molecular weight is 456 g/mol. The van der Waals surface area contributed by atoms with Gasteiger partial charge < -0.3 is 14.9 Å². The Morgan fingerprint density at radius 2 is 2.03 bits per heavy atom. The third kappa shape index (κ3) is 4.18. The molecule has 3 saturated heterocycles. The minimum absolute atomic E-state index is 0.177. The van der Waals surface area contributed by atoms with Gasteiger partial charge in [-0.25, -0.2) is 28.5 Å². The van der Waals surface area contributed by atoms with Gasteiger partial charge in [0.15, 0.2) is 6.29 Å². The SMILES string of the molecule is O=C(NOC1CCCCO1)C1C2CCC(CN1S(=O)(=O)c1ccc(O)nc1)N2C(=O)O. The molecule has 3 aliphatic rings. The molecule has 3 fully saturated rings. The summed E-state index contributed by atoms with van der Waals surface area (Å²) < 4.78 is 33.0. The summed E-state index contributed by atoms with van der Waals surface area (Å²) in [5, 5.41) is 19.0. The molecule has 4 rings (SSSR count). The number of nitrogens with zero attached hydrogens (tertiary/aromatic N) is 3. The van der Waals surface area contributed by atoms with E-state index in [-0.39, 0.29) is 17.3 Å². The molecule has 0 saturated carbocycles. The van der Waals surface area contributed by atoms with E-state index in [0.717, 1.165) is 34.3 Å². The molecule has 0 radical (unpaired) electrons. The number of amides is 2. The normalized spacial score (nSPS) is 29.0. The first-order chi connectivity index (χ1) is 14.8. The van der Waals surface area contributed by atoms with Crippen molar-refractivity contribution in [2.45, 2.75) is 61.4 Å². The maximum Gasteiger partial charge on any atom is 0.407 e. The smallest absolute Gasteiger partial charge is 0.407 e. The van der Waals surface area contributed by atoms with Crippen LogP contribution in [0.4, 0.5) is 4.79 Å². The first-order valence-electron chi connectivity index (χ1n) is 10.0. The van der Waals surface area contributed by atoms with Crippen LogP contribution >= 0.6 is 0 Å². The van der Waals surface area contributed by atoms with E-state index in [1.807, 2.05) is 0 Å². The van der Waals surface area contributed by atoms with Crippen LogP contribution < -0.4 is 5.48 Å². The predicted molar refractivity (Wildman–Crippen MR) is 103 cm³/mol. The van der Waals surface area contributed by atoms with Gasteiger partial charge in [0.2, 0.25) is 15.9 Å². The van der Waals surface area contributed by atoms with E-state index in [9.17, 15) is 28.2 Å². The van der Waals surface area contributed by atoms with Gasteiger partial charge in [0.1, 0.15) is 10.9 Å². The van der Waals surface area contributed by atoms with Crippen molar-refractivity contribution in [3.63, 3.8) is 0 Å². The lowest BCUT2D eigenvalue weighted by molar-refractivity contribution is -0.203. The van der Waals surface area contributed by atoms with E-state index in [0.29, 0.717) is 25.9 Å². The van der Waals surface area contributed by atoms with Crippen molar-refractivity contribution in [2.24, 2.45) is 0 Å². The Bertz CT molecular complexity index is 934. The fraction of sp³-hybridized carbons (Fsp3) is 0.611. The van der Waals surface area contributed by atoms with E-state index >= 15 is 0 Å². The fourth-order valence-electron chi connectivity index (χ4n) is 4.41. The lowest BCUT2D eigenvalue weighted by atomic mass is 10.1. The topological polar surface area (TPSA) is 159 Å². The molecule has 0 aromatic carbocycles. The first kappa shape index (κ1) is 21.7. The summed E-state index contributed by atoms with van der Waals surface area (Å²) in [5.41, 5.74) is 2.28. The summed E-state index contributed by atoms with van der Waals surface area (Å²) in [4.78, 5) is 34.7. The molecule has 1 aromatic rings. The van der Waals surface area contributed by atoms with Crippen LogP contribution in [-0.4, -0.2) is 82.4 Å². The summed E-state index contributed by atoms with van der Waals surface area (Å²) in [5.74, 6) is -1.11. The van der Waals surface area contributed by atoms with E-state index in [1.165, 1.54) is 6.07 Å². The number of aromatic nitrogens is 1. The van der Waals surface area contributed by atoms with Crippen LogP contribution in [0, 0.1) is 0 Å². The van der Waals surface area contributed by atoms with E-state index in [4.69, 9.17) is 9.57 Å². The molecule has 4 heterocycles. The number of carbonyl (C=O) groups excluding carboxylic acids is 1. The highest BCUT2D eigenvalue weighted by atomic mass is 32.2. The minimum atomic E-state index is -4.20. The molecule has 2 bridgehead atoms. The van der Waals surface area contributed by atoms with Gasteiger partial charge in [0.25, 0.3) is 5.91 Å². The lowest BCUT2D eigenvalue weighted by Gasteiger charge is -2.43. The summed E-state index contributed by atoms with van der Waals surface area (Å²) in [7, 11) is -4.20. The van der Waals surface area contributed by atoms with Gasteiger partial charge in [-0.15, -0.1) is 0 Å². The standard InChI is InChI=1S/C18H24N4O8S/c23-14-7-5-12(9-19-14)31(27,28)21-10-11-4-6-13(22(11)18(25)26)16(21)17(24)20-30-15-3-1-2-8-29-15/h5,7,9,11,13,15-16H,1-4,6,8,10H2,(H,19,23)(H,20,24)(H,25,26). The second-order valence-corrected chi connectivity index (χ2v) is 9.63. The second-order valence-electron chi connectivity index (χ2n) is 7.74. The van der Waals surface area contributed by atoms with E-state index in [1.54, 1.807) is 0 Å². The van der Waals surface area contributed by atoms with Crippen LogP contribution in [0.15, 0.2) is 23.2 Å². The molecule has 12 nitrogen and oxygen atoms in total. The molecule has 3 aliphatic heterocycles. The van der Waals surface area contributed by atoms with Crippen molar-refractivity contribution in [2.75, 3.05) is 13.2 Å². The number of pyridine rings is 1. The number of aromatic hydroxyl groups is 1. The number of sulfonamides is 1. The number of piperazine rings is 1. The van der Waals surface area contributed by atoms with Crippen LogP contribution in [0.2, 0.25) is 0 Å². The Labute approximate surface area is 178 Å². The quantitative estimate of drug-likeness (QED) is 0.528. The van der Waals surface area contributed by atoms with Crippen LogP contribution in [-0.2, 0) is 24.4 Å². The number of carbonyl (C=O) groups is 2. The number of hydroxylamine groups is 1. The van der Waals surface area contributed by atoms with E-state index < -0.39 is 46.4 Å². The molecule has 13 heteroatoms. The van der Waals surface area contributed by atoms with Crippen LogP contribution in [0.1, 0.15) is 32.1 Å². The van der Waals surface area contributed by atoms with Crippen molar-refractivity contribution < 1.29 is 37.8 Å². The third-order valence-corrected chi connectivity index (χ3v) is 7.69. The zero-order valence-corrected chi connectivity index (χ0v) is 17.4. The van der Waals surface area contributed by atoms with Crippen molar-refractivity contribution in [3.8, 4) is 5.88 Å². The lowest BCUT2D eigenvalue weighted by Crippen LogP contribution is -2.66. The first-order valence-corrected chi connectivity index (χ1v) is 11.5. The number of carboxylic acid groups (broad SMARTS) is 1. The Hall–Kier alpha value is -2.48. The summed E-state index contributed by atoms with van der Waals surface area (Å²) in [6.07, 6.45) is 2.28. The van der Waals surface area contributed by atoms with Gasteiger partial charge in [-0.1, -0.05) is 0 Å². The molecule has 2 amide bonds. The monoisotopic (exact) mass is 456 g/mol. The Morgan fingerprint density at radius 3 is 2.68 bits per heavy atom. The zero-order chi connectivity index (χ0) is 22.2. The molecule has 1 aromatic heterocycles. The van der Waals surface area contributed by atoms with Gasteiger partial charge in [-0.2, -0.15) is 4.31 Å². The molecule has 4 atom stereocenters. The number of hydrogen-bond donors (Lipinski definition) is 3. The highest BCUT2D eigenvalue weighted by Crippen LogP contribution is 2.37. The van der Waals surface area contributed by atoms with Crippen molar-refractivity contribution in [1.29, 1.82) is 0 Å². The minimum Gasteiger partial charge on any atom is -0.493 e. The highest BCUT2D eigenvalue weighted by molar-refractivity contribution is 7.89. The van der Waals surface area contributed by atoms with E-state index in [2.05, 4.69) is 10.5 Å². The van der Waals surface area contributed by atoms with Crippen LogP contribution in [0.25, 0.3) is 0 Å². The van der Waals surface area contributed by atoms with Gasteiger partial charge in [0.05, 0.1) is 12.2 Å². The molecule has 0 spiro atoms. The number of ether oxygens (including phenoxy) is 1. The largest absolute Gasteiger partial charge is 0.493 e. The number of fused-ring (bicyclic) bond motifs is 2. The number of hydrogen-bond acceptors (Lipinski definition) is 8. The summed E-state index contributed by atoms with van der Waals surface area (Å²) >= 11 is 0. The van der Waals surface area contributed by atoms with Gasteiger partial charge >= 0.3 is 6.09 Å². The van der Waals surface area contributed by atoms with Crippen molar-refractivity contribution in [3.05, 3.63) is 18.3 Å². The van der Waals surface area contributed by atoms with Gasteiger partial charge in [0, 0.05) is 31.7 Å². The second kappa shape index (κ2) is 8.57. The average Bonchev–Trinajstić information content (AvgIpc) is 3.07. The van der Waals surface area contributed by atoms with Gasteiger partial charge in [-0.3, -0.25) is 9.69 Å². The Kier molecular flexibility index (Phi) is 6.01. The molecule has 0 aliphatic carbocycles. The molecular weight excluding hydrogens is 432 g/mol. The maximum atomic E-state index is 13.3. The summed E-state index contributed by atoms with van der Waals surface area (Å²) in [6.45, 7) is 0.319. The number of rotatable bonds is 5. The van der Waals surface area contributed by atoms with Gasteiger partial charge in [-0.05, 0) is 31.7 Å². The Balaban J connectivity index is 1.61. The third-order valence-electron chi connectivity index (χ3n) is 5.86. The molecular formula is C18H24N4O8S. The maximum absolute atomic E-state index is 13.3. The molecule has 31 heavy (non-hydrogen) atoms. The number of nitrogens with one attached hydrogen (secondary N) is 1. The molecule has 4 unspecified atom stereocenters. The van der Waals surface area contributed by atoms with Crippen LogP contribution in [0.5, 0.6) is 5.88 Å². The summed E-state index contributed by atoms with van der Waals surface area (Å²) in [6, 6.07) is -0.420. The predicted octanol–water partition coefficient (Wildman–Crippen LogP) is 0.246. The Morgan fingerprint density at radius 1 is 1.23 bits per heavy atom. The zero-order valence-electron chi connectivity index (χ0n) is 16.6. The molecule has 3 N–H and O–H groups in total. The van der Waals surface area contributed by atoms with Crippen molar-refractivity contribution in [1.82, 2.24) is 19.7 Å². The highest BCUT2D eigenvalue weighted by Gasteiger charge is 2.55.